The molecule has 0 unspecified atom stereocenters. The summed E-state index contributed by atoms with van der Waals surface area (Å²) in [6, 6.07) is 11.2. The van der Waals surface area contributed by atoms with E-state index in [2.05, 4.69) is 21.2 Å². The Morgan fingerprint density at radius 1 is 1.10 bits per heavy atom. The molecular formula is C14H9BrClNO3. The minimum atomic E-state index is -1.24. The minimum Gasteiger partial charge on any atom is -0.465 e. The third-order valence-electron chi connectivity index (χ3n) is 2.57. The van der Waals surface area contributed by atoms with Crippen molar-refractivity contribution in [2.75, 3.05) is 5.32 Å². The van der Waals surface area contributed by atoms with Crippen molar-refractivity contribution in [1.29, 1.82) is 0 Å². The van der Waals surface area contributed by atoms with Crippen molar-refractivity contribution < 1.29 is 14.7 Å². The van der Waals surface area contributed by atoms with Crippen LogP contribution in [0.25, 0.3) is 0 Å². The van der Waals surface area contributed by atoms with Crippen LogP contribution in [0.5, 0.6) is 0 Å². The van der Waals surface area contributed by atoms with E-state index in [1.807, 2.05) is 0 Å². The SMILES string of the molecule is O=C(O)Nc1ccc(Cl)cc1C(=O)c1ccc(Br)cc1. The number of rotatable bonds is 3. The lowest BCUT2D eigenvalue weighted by Crippen LogP contribution is -2.12. The lowest BCUT2D eigenvalue weighted by molar-refractivity contribution is 0.103. The Kier molecular flexibility index (Phi) is 4.42. The zero-order chi connectivity index (χ0) is 14.7. The van der Waals surface area contributed by atoms with E-state index in [0.717, 1.165) is 4.47 Å². The van der Waals surface area contributed by atoms with Gasteiger partial charge in [-0.3, -0.25) is 10.1 Å². The molecule has 0 fully saturated rings. The first kappa shape index (κ1) is 14.6. The molecule has 0 saturated carbocycles. The number of hydrogen-bond acceptors (Lipinski definition) is 2. The van der Waals surface area contributed by atoms with Crippen molar-refractivity contribution in [1.82, 2.24) is 0 Å². The fraction of sp³-hybridized carbons (Fsp3) is 0. The zero-order valence-electron chi connectivity index (χ0n) is 10.1. The maximum Gasteiger partial charge on any atom is 0.409 e. The fourth-order valence-corrected chi connectivity index (χ4v) is 2.12. The van der Waals surface area contributed by atoms with Crippen LogP contribution in [0.4, 0.5) is 10.5 Å². The smallest absolute Gasteiger partial charge is 0.409 e. The van der Waals surface area contributed by atoms with Crippen molar-refractivity contribution in [3.05, 3.63) is 63.1 Å². The third kappa shape index (κ3) is 3.37. The van der Waals surface area contributed by atoms with Gasteiger partial charge in [-0.25, -0.2) is 4.79 Å². The van der Waals surface area contributed by atoms with Crippen LogP contribution < -0.4 is 5.32 Å². The summed E-state index contributed by atoms with van der Waals surface area (Å²) in [5, 5.41) is 11.3. The van der Waals surface area contributed by atoms with Gasteiger partial charge in [0, 0.05) is 20.6 Å². The first-order valence-corrected chi connectivity index (χ1v) is 6.74. The van der Waals surface area contributed by atoms with Gasteiger partial charge in [0.1, 0.15) is 0 Å². The van der Waals surface area contributed by atoms with E-state index >= 15 is 0 Å². The molecule has 2 aromatic carbocycles. The Balaban J connectivity index is 2.44. The van der Waals surface area contributed by atoms with Gasteiger partial charge in [-0.2, -0.15) is 0 Å². The number of anilines is 1. The van der Waals surface area contributed by atoms with Gasteiger partial charge in [0.2, 0.25) is 0 Å². The van der Waals surface area contributed by atoms with Crippen molar-refractivity contribution in [2.24, 2.45) is 0 Å². The average molecular weight is 355 g/mol. The van der Waals surface area contributed by atoms with E-state index in [9.17, 15) is 9.59 Å². The molecule has 0 heterocycles. The molecule has 2 aromatic rings. The van der Waals surface area contributed by atoms with Gasteiger partial charge < -0.3 is 5.11 Å². The van der Waals surface area contributed by atoms with Crippen LogP contribution in [-0.2, 0) is 0 Å². The van der Waals surface area contributed by atoms with E-state index in [4.69, 9.17) is 16.7 Å². The molecule has 0 spiro atoms. The van der Waals surface area contributed by atoms with Crippen molar-refractivity contribution in [3.8, 4) is 0 Å². The van der Waals surface area contributed by atoms with Crippen LogP contribution in [0.15, 0.2) is 46.9 Å². The second-order valence-corrected chi connectivity index (χ2v) is 5.31. The topological polar surface area (TPSA) is 66.4 Å². The van der Waals surface area contributed by atoms with Crippen LogP contribution in [-0.4, -0.2) is 17.0 Å². The monoisotopic (exact) mass is 353 g/mol. The van der Waals surface area contributed by atoms with E-state index in [-0.39, 0.29) is 17.0 Å². The highest BCUT2D eigenvalue weighted by molar-refractivity contribution is 9.10. The van der Waals surface area contributed by atoms with Gasteiger partial charge >= 0.3 is 6.09 Å². The molecule has 0 aliphatic carbocycles. The predicted molar refractivity (Wildman–Crippen MR) is 80.7 cm³/mol. The summed E-state index contributed by atoms with van der Waals surface area (Å²) in [6.45, 7) is 0. The Labute approximate surface area is 128 Å². The lowest BCUT2D eigenvalue weighted by atomic mass is 10.0. The van der Waals surface area contributed by atoms with Gasteiger partial charge in [-0.05, 0) is 42.5 Å². The molecule has 0 aliphatic heterocycles. The minimum absolute atomic E-state index is 0.204. The molecule has 2 rings (SSSR count). The Morgan fingerprint density at radius 3 is 2.35 bits per heavy atom. The zero-order valence-corrected chi connectivity index (χ0v) is 12.4. The van der Waals surface area contributed by atoms with Gasteiger partial charge in [0.05, 0.1) is 5.69 Å². The first-order valence-electron chi connectivity index (χ1n) is 5.57. The molecule has 4 nitrogen and oxygen atoms in total. The van der Waals surface area contributed by atoms with E-state index in [0.29, 0.717) is 10.6 Å². The van der Waals surface area contributed by atoms with Crippen LogP contribution in [0.3, 0.4) is 0 Å². The number of ketones is 1. The number of carbonyl (C=O) groups is 2. The first-order chi connectivity index (χ1) is 9.47. The molecular weight excluding hydrogens is 346 g/mol. The molecule has 2 N–H and O–H groups in total. The number of amides is 1. The summed E-state index contributed by atoms with van der Waals surface area (Å²) in [6.07, 6.45) is -1.24. The lowest BCUT2D eigenvalue weighted by Gasteiger charge is -2.09. The van der Waals surface area contributed by atoms with Gasteiger partial charge in [-0.15, -0.1) is 0 Å². The quantitative estimate of drug-likeness (QED) is 0.802. The highest BCUT2D eigenvalue weighted by atomic mass is 79.9. The molecule has 0 saturated heterocycles. The molecule has 0 aliphatic rings. The van der Waals surface area contributed by atoms with Crippen LogP contribution >= 0.6 is 27.5 Å². The number of carbonyl (C=O) groups excluding carboxylic acids is 1. The second-order valence-electron chi connectivity index (χ2n) is 3.96. The highest BCUT2D eigenvalue weighted by Gasteiger charge is 2.15. The number of benzene rings is 2. The fourth-order valence-electron chi connectivity index (χ4n) is 1.69. The standard InChI is InChI=1S/C14H9BrClNO3/c15-9-3-1-8(2-4-9)13(18)11-7-10(16)5-6-12(11)17-14(19)20/h1-7,17H,(H,19,20). The summed E-state index contributed by atoms with van der Waals surface area (Å²) >= 11 is 9.16. The molecule has 0 bridgehead atoms. The van der Waals surface area contributed by atoms with Crippen molar-refractivity contribution >= 4 is 45.1 Å². The normalized spacial score (nSPS) is 10.1. The van der Waals surface area contributed by atoms with Crippen LogP contribution in [0, 0.1) is 0 Å². The van der Waals surface area contributed by atoms with E-state index < -0.39 is 6.09 Å². The van der Waals surface area contributed by atoms with Crippen LogP contribution in [0.2, 0.25) is 5.02 Å². The molecule has 0 radical (unpaired) electrons. The Bertz CT molecular complexity index is 671. The summed E-state index contributed by atoms with van der Waals surface area (Å²) in [7, 11) is 0. The molecule has 6 heteroatoms. The third-order valence-corrected chi connectivity index (χ3v) is 3.34. The van der Waals surface area contributed by atoms with E-state index in [1.165, 1.54) is 18.2 Å². The molecule has 0 aromatic heterocycles. The summed E-state index contributed by atoms with van der Waals surface area (Å²) in [5.74, 6) is -0.302. The number of nitrogens with one attached hydrogen (secondary N) is 1. The Morgan fingerprint density at radius 2 is 1.75 bits per heavy atom. The molecule has 102 valence electrons. The highest BCUT2D eigenvalue weighted by Crippen LogP contribution is 2.24. The maximum absolute atomic E-state index is 12.4. The molecule has 1 amide bonds. The predicted octanol–water partition coefficient (Wildman–Crippen LogP) is 4.42. The molecule has 20 heavy (non-hydrogen) atoms. The van der Waals surface area contributed by atoms with E-state index in [1.54, 1.807) is 24.3 Å². The summed E-state index contributed by atoms with van der Waals surface area (Å²) < 4.78 is 0.851. The van der Waals surface area contributed by atoms with Crippen molar-refractivity contribution in [2.45, 2.75) is 0 Å². The maximum atomic E-state index is 12.4. The van der Waals surface area contributed by atoms with Crippen molar-refractivity contribution in [3.63, 3.8) is 0 Å². The summed E-state index contributed by atoms with van der Waals surface area (Å²) in [5.41, 5.74) is 0.862. The largest absolute Gasteiger partial charge is 0.465 e. The second kappa shape index (κ2) is 6.07. The number of halogens is 2. The molecule has 0 atom stereocenters. The average Bonchev–Trinajstić information content (AvgIpc) is 2.40. The van der Waals surface area contributed by atoms with Gasteiger partial charge in [0.15, 0.2) is 5.78 Å². The number of carboxylic acid groups (broad SMARTS) is 1. The Hall–Kier alpha value is -1.85. The van der Waals surface area contributed by atoms with Gasteiger partial charge in [0.25, 0.3) is 0 Å². The van der Waals surface area contributed by atoms with Gasteiger partial charge in [-0.1, -0.05) is 27.5 Å². The summed E-state index contributed by atoms with van der Waals surface area (Å²) in [4.78, 5) is 23.2. The van der Waals surface area contributed by atoms with Crippen LogP contribution in [0.1, 0.15) is 15.9 Å². The number of hydrogen-bond donors (Lipinski definition) is 2.